The number of aliphatic hydroxyl groups is 3. The van der Waals surface area contributed by atoms with E-state index in [-0.39, 0.29) is 30.0 Å². The summed E-state index contributed by atoms with van der Waals surface area (Å²) in [5.41, 5.74) is -1.60. The van der Waals surface area contributed by atoms with Gasteiger partial charge in [0.05, 0.1) is 24.7 Å². The van der Waals surface area contributed by atoms with E-state index in [4.69, 9.17) is 9.47 Å². The van der Waals surface area contributed by atoms with Crippen LogP contribution in [-0.2, 0) is 19.1 Å². The van der Waals surface area contributed by atoms with Crippen LogP contribution in [0.4, 0.5) is 0 Å². The van der Waals surface area contributed by atoms with E-state index in [2.05, 4.69) is 0 Å². The van der Waals surface area contributed by atoms with Gasteiger partial charge in [0.1, 0.15) is 17.1 Å². The number of rotatable bonds is 1. The van der Waals surface area contributed by atoms with Gasteiger partial charge in [-0.05, 0) is 19.4 Å². The van der Waals surface area contributed by atoms with Crippen molar-refractivity contribution in [2.75, 3.05) is 6.61 Å². The third-order valence-electron chi connectivity index (χ3n) is 4.59. The minimum absolute atomic E-state index is 0.0258. The molecule has 7 heteroatoms. The summed E-state index contributed by atoms with van der Waals surface area (Å²) in [6.07, 6.45) is 0.216. The van der Waals surface area contributed by atoms with E-state index in [1.165, 1.54) is 13.0 Å². The summed E-state index contributed by atoms with van der Waals surface area (Å²) < 4.78 is 10.7. The molecule has 0 aromatic heterocycles. The molecule has 2 bridgehead atoms. The molecule has 120 valence electrons. The quantitative estimate of drug-likeness (QED) is 0.562. The number of ketones is 1. The first-order chi connectivity index (χ1) is 10.2. The van der Waals surface area contributed by atoms with E-state index in [0.29, 0.717) is 5.57 Å². The lowest BCUT2D eigenvalue weighted by Crippen LogP contribution is -2.54. The van der Waals surface area contributed by atoms with Crippen molar-refractivity contribution in [3.63, 3.8) is 0 Å². The van der Waals surface area contributed by atoms with Gasteiger partial charge >= 0.3 is 5.97 Å². The monoisotopic (exact) mass is 310 g/mol. The first-order valence-corrected chi connectivity index (χ1v) is 7.13. The number of esters is 1. The molecule has 4 atom stereocenters. The molecular formula is C15H18O7. The van der Waals surface area contributed by atoms with Gasteiger partial charge in [0.25, 0.3) is 0 Å². The Hall–Kier alpha value is -1.54. The second-order valence-corrected chi connectivity index (χ2v) is 6.27. The van der Waals surface area contributed by atoms with Crippen molar-refractivity contribution in [3.8, 4) is 0 Å². The third kappa shape index (κ3) is 2.04. The van der Waals surface area contributed by atoms with Gasteiger partial charge in [-0.25, -0.2) is 4.79 Å². The summed E-state index contributed by atoms with van der Waals surface area (Å²) in [5, 5.41) is 30.7. The fourth-order valence-corrected chi connectivity index (χ4v) is 3.12. The van der Waals surface area contributed by atoms with Gasteiger partial charge < -0.3 is 24.8 Å². The minimum Gasteiger partial charge on any atom is -0.423 e. The van der Waals surface area contributed by atoms with Gasteiger partial charge in [0.15, 0.2) is 0 Å². The van der Waals surface area contributed by atoms with Crippen molar-refractivity contribution in [1.82, 2.24) is 0 Å². The topological polar surface area (TPSA) is 113 Å². The lowest BCUT2D eigenvalue weighted by molar-refractivity contribution is -0.286. The molecule has 0 spiro atoms. The molecule has 3 aliphatic heterocycles. The average Bonchev–Trinajstić information content (AvgIpc) is 2.61. The number of fused-ring (bicyclic) bond motifs is 4. The maximum Gasteiger partial charge on any atom is 0.342 e. The van der Waals surface area contributed by atoms with E-state index >= 15 is 0 Å². The number of aliphatic hydroxyl groups excluding tert-OH is 1. The average molecular weight is 310 g/mol. The Balaban J connectivity index is 2.21. The van der Waals surface area contributed by atoms with Crippen molar-refractivity contribution in [1.29, 1.82) is 0 Å². The minimum atomic E-state index is -2.11. The van der Waals surface area contributed by atoms with Crippen molar-refractivity contribution >= 4 is 11.8 Å². The van der Waals surface area contributed by atoms with Crippen LogP contribution in [0.15, 0.2) is 23.0 Å². The molecular weight excluding hydrogens is 292 g/mol. The normalized spacial score (nSPS) is 41.6. The molecule has 1 saturated heterocycles. The van der Waals surface area contributed by atoms with E-state index in [1.807, 2.05) is 0 Å². The summed E-state index contributed by atoms with van der Waals surface area (Å²) in [6, 6.07) is 0. The van der Waals surface area contributed by atoms with E-state index in [0.717, 1.165) is 0 Å². The number of ether oxygens (including phenoxy) is 2. The molecule has 0 amide bonds. The predicted octanol–water partition coefficient (Wildman–Crippen LogP) is -0.447. The molecule has 7 nitrogen and oxygen atoms in total. The van der Waals surface area contributed by atoms with Gasteiger partial charge in [0, 0.05) is 11.5 Å². The Labute approximate surface area is 126 Å². The highest BCUT2D eigenvalue weighted by Gasteiger charge is 2.56. The van der Waals surface area contributed by atoms with Crippen molar-refractivity contribution in [3.05, 3.63) is 23.0 Å². The van der Waals surface area contributed by atoms with Crippen LogP contribution in [0.3, 0.4) is 0 Å². The highest BCUT2D eigenvalue weighted by molar-refractivity contribution is 5.95. The smallest absolute Gasteiger partial charge is 0.342 e. The van der Waals surface area contributed by atoms with E-state index in [1.54, 1.807) is 6.92 Å². The van der Waals surface area contributed by atoms with E-state index < -0.39 is 36.0 Å². The lowest BCUT2D eigenvalue weighted by Gasteiger charge is -2.37. The molecule has 3 rings (SSSR count). The van der Waals surface area contributed by atoms with Gasteiger partial charge in [-0.3, -0.25) is 4.79 Å². The second-order valence-electron chi connectivity index (χ2n) is 6.27. The third-order valence-corrected chi connectivity index (χ3v) is 4.59. The largest absolute Gasteiger partial charge is 0.423 e. The summed E-state index contributed by atoms with van der Waals surface area (Å²) >= 11 is 0. The molecule has 3 aliphatic rings. The van der Waals surface area contributed by atoms with Crippen LogP contribution in [0.2, 0.25) is 0 Å². The lowest BCUT2D eigenvalue weighted by atomic mass is 9.85. The second kappa shape index (κ2) is 4.73. The molecule has 0 aromatic carbocycles. The number of carbonyl (C=O) groups is 2. The van der Waals surface area contributed by atoms with Crippen LogP contribution < -0.4 is 0 Å². The zero-order valence-corrected chi connectivity index (χ0v) is 12.3. The maximum atomic E-state index is 12.1. The molecule has 0 saturated carbocycles. The molecule has 3 N–H and O–H groups in total. The van der Waals surface area contributed by atoms with Crippen LogP contribution >= 0.6 is 0 Å². The van der Waals surface area contributed by atoms with Crippen LogP contribution in [0, 0.1) is 5.92 Å². The molecule has 0 aliphatic carbocycles. The summed E-state index contributed by atoms with van der Waals surface area (Å²) in [7, 11) is 0. The Morgan fingerprint density at radius 3 is 2.68 bits per heavy atom. The summed E-state index contributed by atoms with van der Waals surface area (Å²) in [4.78, 5) is 24.0. The zero-order valence-electron chi connectivity index (χ0n) is 12.3. The number of hydrogen-bond donors (Lipinski definition) is 3. The van der Waals surface area contributed by atoms with Crippen LogP contribution in [0.5, 0.6) is 0 Å². The standard InChI is InChI=1S/C15H18O7/c1-7-3-10-12-8(6-16)13(18)21-11(12)5-14(2,19)15(20,22-10)4-9(7)17/h5,7,10,16,19-20H,3-4,6H2,1-2H3/t7-,10-,14-,15+/m0/s1. The van der Waals surface area contributed by atoms with Crippen molar-refractivity contribution in [2.45, 2.75) is 44.2 Å². The molecule has 0 unspecified atom stereocenters. The Kier molecular flexibility index (Phi) is 3.30. The number of hydrogen-bond acceptors (Lipinski definition) is 7. The van der Waals surface area contributed by atoms with Crippen molar-refractivity contribution < 1.29 is 34.4 Å². The molecule has 22 heavy (non-hydrogen) atoms. The number of carbonyl (C=O) groups excluding carboxylic acids is 2. The van der Waals surface area contributed by atoms with E-state index in [9.17, 15) is 24.9 Å². The Morgan fingerprint density at radius 1 is 1.36 bits per heavy atom. The first-order valence-electron chi connectivity index (χ1n) is 7.13. The van der Waals surface area contributed by atoms with Gasteiger partial charge in [-0.1, -0.05) is 6.92 Å². The highest BCUT2D eigenvalue weighted by Crippen LogP contribution is 2.45. The number of Topliss-reactive ketones (excluding diaryl/α,β-unsaturated/α-hetero) is 1. The van der Waals surface area contributed by atoms with Gasteiger partial charge in [-0.15, -0.1) is 0 Å². The molecule has 0 radical (unpaired) electrons. The molecule has 0 aromatic rings. The zero-order chi connectivity index (χ0) is 16.3. The summed E-state index contributed by atoms with van der Waals surface area (Å²) in [6.45, 7) is 2.43. The van der Waals surface area contributed by atoms with Crippen LogP contribution in [0.25, 0.3) is 0 Å². The Bertz CT molecular complexity index is 615. The van der Waals surface area contributed by atoms with Gasteiger partial charge in [-0.2, -0.15) is 0 Å². The van der Waals surface area contributed by atoms with Crippen LogP contribution in [-0.4, -0.2) is 51.2 Å². The molecule has 1 fully saturated rings. The fourth-order valence-electron chi connectivity index (χ4n) is 3.12. The SMILES string of the molecule is C[C@H]1C[C@@H]2O[C@](O)(CC1=O)[C@@](C)(O)C=C1OC(=O)C(CO)=C12. The summed E-state index contributed by atoms with van der Waals surface area (Å²) in [5.74, 6) is -3.41. The highest BCUT2D eigenvalue weighted by atomic mass is 16.7. The fraction of sp³-hybridized carbons (Fsp3) is 0.600. The van der Waals surface area contributed by atoms with Crippen molar-refractivity contribution in [2.24, 2.45) is 5.92 Å². The van der Waals surface area contributed by atoms with Crippen LogP contribution in [0.1, 0.15) is 26.7 Å². The van der Waals surface area contributed by atoms with Gasteiger partial charge in [0.2, 0.25) is 5.79 Å². The first kappa shape index (κ1) is 15.4. The predicted molar refractivity (Wildman–Crippen MR) is 72.1 cm³/mol. The maximum absolute atomic E-state index is 12.1. The molecule has 3 heterocycles. The Morgan fingerprint density at radius 2 is 2.05 bits per heavy atom.